The van der Waals surface area contributed by atoms with Crippen LogP contribution in [0.1, 0.15) is 26.3 Å². The van der Waals surface area contributed by atoms with Gasteiger partial charge in [-0.25, -0.2) is 4.39 Å². The van der Waals surface area contributed by atoms with E-state index in [1.807, 2.05) is 26.8 Å². The summed E-state index contributed by atoms with van der Waals surface area (Å²) in [6.45, 7) is 7.19. The first-order chi connectivity index (χ1) is 7.89. The molecule has 0 saturated carbocycles. The van der Waals surface area contributed by atoms with Crippen molar-refractivity contribution >= 4 is 10.8 Å². The normalized spacial score (nSPS) is 13.6. The fourth-order valence-corrected chi connectivity index (χ4v) is 2.29. The van der Waals surface area contributed by atoms with Gasteiger partial charge in [0, 0.05) is 34.4 Å². The monoisotopic (exact) mass is 257 g/mol. The number of benzene rings is 1. The van der Waals surface area contributed by atoms with E-state index in [1.165, 1.54) is 12.1 Å². The highest BCUT2D eigenvalue weighted by Crippen LogP contribution is 2.10. The topological polar surface area (TPSA) is 29.1 Å². The second-order valence-corrected chi connectivity index (χ2v) is 7.29. The predicted molar refractivity (Wildman–Crippen MR) is 70.9 cm³/mol. The first kappa shape index (κ1) is 14.3. The second kappa shape index (κ2) is 6.26. The molecule has 0 spiro atoms. The van der Waals surface area contributed by atoms with Crippen molar-refractivity contribution in [1.29, 1.82) is 0 Å². The Balaban J connectivity index is 2.28. The zero-order valence-electron chi connectivity index (χ0n) is 10.6. The predicted octanol–water partition coefficient (Wildman–Crippen LogP) is 2.46. The highest BCUT2D eigenvalue weighted by atomic mass is 32.2. The number of hydrogen-bond acceptors (Lipinski definition) is 2. The van der Waals surface area contributed by atoms with Crippen LogP contribution < -0.4 is 5.32 Å². The Hall–Kier alpha value is -0.740. The summed E-state index contributed by atoms with van der Waals surface area (Å²) >= 11 is 0. The average Bonchev–Trinajstić information content (AvgIpc) is 2.23. The molecule has 17 heavy (non-hydrogen) atoms. The van der Waals surface area contributed by atoms with Crippen LogP contribution in [-0.2, 0) is 17.3 Å². The molecule has 0 amide bonds. The van der Waals surface area contributed by atoms with Crippen LogP contribution in [0.15, 0.2) is 24.3 Å². The lowest BCUT2D eigenvalue weighted by molar-refractivity contribution is 0.620. The van der Waals surface area contributed by atoms with Gasteiger partial charge in [0.1, 0.15) is 5.82 Å². The Kier molecular flexibility index (Phi) is 5.28. The van der Waals surface area contributed by atoms with Crippen LogP contribution in [0.5, 0.6) is 0 Å². The van der Waals surface area contributed by atoms with Gasteiger partial charge >= 0.3 is 0 Å². The van der Waals surface area contributed by atoms with E-state index in [0.717, 1.165) is 5.56 Å². The van der Waals surface area contributed by atoms with Crippen molar-refractivity contribution in [2.75, 3.05) is 12.3 Å². The third-order valence-electron chi connectivity index (χ3n) is 2.37. The van der Waals surface area contributed by atoms with E-state index in [2.05, 4.69) is 5.32 Å². The Bertz CT molecular complexity index is 387. The lowest BCUT2D eigenvalue weighted by atomic mass is 10.2. The molecular weight excluding hydrogens is 237 g/mol. The van der Waals surface area contributed by atoms with Gasteiger partial charge in [0.05, 0.1) is 0 Å². The van der Waals surface area contributed by atoms with Crippen LogP contribution >= 0.6 is 0 Å². The van der Waals surface area contributed by atoms with Gasteiger partial charge in [0.25, 0.3) is 0 Å². The van der Waals surface area contributed by atoms with Crippen LogP contribution in [0.25, 0.3) is 0 Å². The third kappa shape index (κ3) is 5.41. The van der Waals surface area contributed by atoms with Crippen molar-refractivity contribution in [3.05, 3.63) is 35.6 Å². The lowest BCUT2D eigenvalue weighted by Gasteiger charge is -2.17. The highest BCUT2D eigenvalue weighted by Gasteiger charge is 2.18. The van der Waals surface area contributed by atoms with Crippen molar-refractivity contribution in [1.82, 2.24) is 5.32 Å². The minimum absolute atomic E-state index is 0.166. The lowest BCUT2D eigenvalue weighted by Crippen LogP contribution is -2.29. The van der Waals surface area contributed by atoms with Gasteiger partial charge in [0.2, 0.25) is 0 Å². The van der Waals surface area contributed by atoms with Gasteiger partial charge in [-0.2, -0.15) is 0 Å². The van der Waals surface area contributed by atoms with Gasteiger partial charge in [-0.15, -0.1) is 0 Å². The molecule has 0 aliphatic carbocycles. The maximum atomic E-state index is 12.9. The fourth-order valence-electron chi connectivity index (χ4n) is 1.35. The molecule has 0 radical (unpaired) electrons. The van der Waals surface area contributed by atoms with E-state index in [4.69, 9.17) is 0 Å². The summed E-state index contributed by atoms with van der Waals surface area (Å²) < 4.78 is 24.5. The molecular formula is C13H20FNOS. The van der Waals surface area contributed by atoms with E-state index in [1.54, 1.807) is 6.07 Å². The van der Waals surface area contributed by atoms with Crippen molar-refractivity contribution in [3.63, 3.8) is 0 Å². The van der Waals surface area contributed by atoms with E-state index in [-0.39, 0.29) is 10.6 Å². The first-order valence-corrected chi connectivity index (χ1v) is 7.05. The summed E-state index contributed by atoms with van der Waals surface area (Å²) in [6.07, 6.45) is 0. The molecule has 1 unspecified atom stereocenters. The molecule has 1 aromatic carbocycles. The Morgan fingerprint density at radius 1 is 1.35 bits per heavy atom. The number of rotatable bonds is 5. The molecule has 0 saturated heterocycles. The molecule has 96 valence electrons. The number of nitrogens with one attached hydrogen (secondary N) is 1. The Labute approximate surface area is 105 Å². The first-order valence-electron chi connectivity index (χ1n) is 5.73. The molecule has 1 aromatic rings. The van der Waals surface area contributed by atoms with Gasteiger partial charge in [0.15, 0.2) is 0 Å². The maximum absolute atomic E-state index is 12.9. The molecule has 1 N–H and O–H groups in total. The van der Waals surface area contributed by atoms with Crippen LogP contribution in [0, 0.1) is 5.82 Å². The van der Waals surface area contributed by atoms with Crippen LogP contribution in [0.4, 0.5) is 4.39 Å². The second-order valence-electron chi connectivity index (χ2n) is 4.97. The van der Waals surface area contributed by atoms with Gasteiger partial charge in [-0.1, -0.05) is 12.1 Å². The zero-order valence-corrected chi connectivity index (χ0v) is 11.4. The minimum atomic E-state index is -0.836. The van der Waals surface area contributed by atoms with Crippen LogP contribution in [0.2, 0.25) is 0 Å². The standard InChI is InChI=1S/C13H20FNOS/c1-13(2,3)17(16)8-7-15-10-11-5-4-6-12(14)9-11/h4-6,9,15H,7-8,10H2,1-3H3. The number of hydrogen-bond donors (Lipinski definition) is 1. The van der Waals surface area contributed by atoms with Crippen molar-refractivity contribution < 1.29 is 8.60 Å². The van der Waals surface area contributed by atoms with Crippen molar-refractivity contribution in [2.24, 2.45) is 0 Å². The van der Waals surface area contributed by atoms with Gasteiger partial charge in [-0.3, -0.25) is 4.21 Å². The van der Waals surface area contributed by atoms with E-state index < -0.39 is 10.8 Å². The molecule has 2 nitrogen and oxygen atoms in total. The van der Waals surface area contributed by atoms with Crippen LogP contribution in [-0.4, -0.2) is 21.3 Å². The quantitative estimate of drug-likeness (QED) is 0.821. The molecule has 1 rings (SSSR count). The van der Waals surface area contributed by atoms with E-state index >= 15 is 0 Å². The summed E-state index contributed by atoms with van der Waals surface area (Å²) in [5.41, 5.74) is 0.909. The average molecular weight is 257 g/mol. The third-order valence-corrected chi connectivity index (χ3v) is 4.31. The summed E-state index contributed by atoms with van der Waals surface area (Å²) in [4.78, 5) is 0. The highest BCUT2D eigenvalue weighted by molar-refractivity contribution is 7.86. The number of halogens is 1. The van der Waals surface area contributed by atoms with Gasteiger partial charge < -0.3 is 5.32 Å². The SMILES string of the molecule is CC(C)(C)S(=O)CCNCc1cccc(F)c1. The molecule has 0 aromatic heterocycles. The zero-order chi connectivity index (χ0) is 12.9. The molecule has 0 aliphatic rings. The summed E-state index contributed by atoms with van der Waals surface area (Å²) in [5.74, 6) is 0.404. The summed E-state index contributed by atoms with van der Waals surface area (Å²) in [6, 6.07) is 6.50. The smallest absolute Gasteiger partial charge is 0.123 e. The van der Waals surface area contributed by atoms with Crippen molar-refractivity contribution in [2.45, 2.75) is 32.1 Å². The summed E-state index contributed by atoms with van der Waals surface area (Å²) in [7, 11) is -0.836. The molecule has 0 fully saturated rings. The van der Waals surface area contributed by atoms with Crippen LogP contribution in [0.3, 0.4) is 0 Å². The van der Waals surface area contributed by atoms with Crippen molar-refractivity contribution in [3.8, 4) is 0 Å². The van der Waals surface area contributed by atoms with E-state index in [0.29, 0.717) is 18.8 Å². The molecule has 4 heteroatoms. The minimum Gasteiger partial charge on any atom is -0.312 e. The van der Waals surface area contributed by atoms with Gasteiger partial charge in [-0.05, 0) is 38.5 Å². The molecule has 1 atom stereocenters. The van der Waals surface area contributed by atoms with E-state index in [9.17, 15) is 8.60 Å². The largest absolute Gasteiger partial charge is 0.312 e. The summed E-state index contributed by atoms with van der Waals surface area (Å²) in [5, 5.41) is 3.17. The molecule has 0 aliphatic heterocycles. The Morgan fingerprint density at radius 2 is 2.06 bits per heavy atom. The molecule has 0 heterocycles. The Morgan fingerprint density at radius 3 is 2.65 bits per heavy atom. The maximum Gasteiger partial charge on any atom is 0.123 e. The molecule has 0 bridgehead atoms. The fraction of sp³-hybridized carbons (Fsp3) is 0.538.